The molecule has 0 unspecified atom stereocenters. The predicted octanol–water partition coefficient (Wildman–Crippen LogP) is 4.71. The van der Waals surface area contributed by atoms with Crippen molar-refractivity contribution in [2.24, 2.45) is 0 Å². The summed E-state index contributed by atoms with van der Waals surface area (Å²) in [6.07, 6.45) is 0. The van der Waals surface area contributed by atoms with Crippen molar-refractivity contribution in [1.82, 2.24) is 15.2 Å². The minimum absolute atomic E-state index is 0.0463. The Morgan fingerprint density at radius 1 is 0.731 bits per heavy atom. The number of aromatic nitrogens is 3. The van der Waals surface area contributed by atoms with Crippen molar-refractivity contribution in [3.63, 3.8) is 0 Å². The van der Waals surface area contributed by atoms with Gasteiger partial charge in [0.2, 0.25) is 0 Å². The first-order valence-electron chi connectivity index (χ1n) is 8.04. The van der Waals surface area contributed by atoms with Gasteiger partial charge >= 0.3 is 0 Å². The highest BCUT2D eigenvalue weighted by molar-refractivity contribution is 5.68. The fourth-order valence-corrected chi connectivity index (χ4v) is 2.70. The Kier molecular flexibility index (Phi) is 3.99. The van der Waals surface area contributed by atoms with Crippen molar-refractivity contribution in [3.05, 3.63) is 89.0 Å². The molecule has 0 radical (unpaired) electrons. The minimum atomic E-state index is -0.427. The van der Waals surface area contributed by atoms with Crippen molar-refractivity contribution < 1.29 is 4.92 Å². The summed E-state index contributed by atoms with van der Waals surface area (Å²) in [6, 6.07) is 24.4. The van der Waals surface area contributed by atoms with Crippen LogP contribution < -0.4 is 0 Å². The van der Waals surface area contributed by atoms with Gasteiger partial charge in [-0.1, -0.05) is 54.6 Å². The number of benzene rings is 3. The van der Waals surface area contributed by atoms with Gasteiger partial charge in [-0.05, 0) is 23.3 Å². The molecular formula is C20H14N4O2. The Labute approximate surface area is 149 Å². The second kappa shape index (κ2) is 6.60. The van der Waals surface area contributed by atoms with Crippen LogP contribution >= 0.6 is 0 Å². The van der Waals surface area contributed by atoms with Crippen LogP contribution in [0.15, 0.2) is 78.9 Å². The van der Waals surface area contributed by atoms with Crippen molar-refractivity contribution in [2.45, 2.75) is 0 Å². The van der Waals surface area contributed by atoms with E-state index in [0.717, 1.165) is 22.3 Å². The smallest absolute Gasteiger partial charge is 0.259 e. The van der Waals surface area contributed by atoms with Crippen LogP contribution in [-0.4, -0.2) is 20.1 Å². The molecule has 126 valence electrons. The highest BCUT2D eigenvalue weighted by Crippen LogP contribution is 2.25. The molecule has 1 N–H and O–H groups in total. The number of nitrogens with zero attached hydrogens (tertiary/aromatic N) is 3. The molecule has 6 heteroatoms. The molecule has 0 bridgehead atoms. The molecular weight excluding hydrogens is 328 g/mol. The molecule has 0 aliphatic carbocycles. The number of hydrogen-bond donors (Lipinski definition) is 1. The van der Waals surface area contributed by atoms with E-state index in [0.29, 0.717) is 11.6 Å². The van der Waals surface area contributed by atoms with E-state index in [9.17, 15) is 10.1 Å². The van der Waals surface area contributed by atoms with Gasteiger partial charge in [0, 0.05) is 23.3 Å². The van der Waals surface area contributed by atoms with Crippen LogP contribution in [0.3, 0.4) is 0 Å². The van der Waals surface area contributed by atoms with Gasteiger partial charge in [0.05, 0.1) is 4.92 Å². The first-order chi connectivity index (χ1) is 12.7. The number of nitro benzene ring substituents is 1. The van der Waals surface area contributed by atoms with Crippen LogP contribution in [-0.2, 0) is 0 Å². The van der Waals surface area contributed by atoms with Gasteiger partial charge in [-0.3, -0.25) is 15.2 Å². The highest BCUT2D eigenvalue weighted by Gasteiger charge is 2.10. The average Bonchev–Trinajstić information content (AvgIpc) is 3.19. The number of nitrogens with one attached hydrogen (secondary N) is 1. The SMILES string of the molecule is O=[N+]([O-])c1ccc(-c2nc(-c3ccc(-c4ccccc4)cc3)n[nH]2)cc1. The van der Waals surface area contributed by atoms with E-state index < -0.39 is 4.92 Å². The van der Waals surface area contributed by atoms with Crippen LogP contribution in [0, 0.1) is 10.1 Å². The summed E-state index contributed by atoms with van der Waals surface area (Å²) in [5, 5.41) is 17.9. The molecule has 0 saturated heterocycles. The summed E-state index contributed by atoms with van der Waals surface area (Å²) in [6.45, 7) is 0. The summed E-state index contributed by atoms with van der Waals surface area (Å²) in [4.78, 5) is 14.8. The molecule has 0 aliphatic heterocycles. The first kappa shape index (κ1) is 15.7. The number of non-ortho nitro benzene ring substituents is 1. The Morgan fingerprint density at radius 3 is 1.96 bits per heavy atom. The molecule has 0 fully saturated rings. The van der Waals surface area contributed by atoms with Gasteiger partial charge < -0.3 is 0 Å². The van der Waals surface area contributed by atoms with Crippen molar-refractivity contribution >= 4 is 5.69 Å². The van der Waals surface area contributed by atoms with Gasteiger partial charge in [-0.25, -0.2) is 4.98 Å². The summed E-state index contributed by atoms with van der Waals surface area (Å²) < 4.78 is 0. The van der Waals surface area contributed by atoms with Gasteiger partial charge in [-0.2, -0.15) is 5.10 Å². The number of rotatable bonds is 4. The summed E-state index contributed by atoms with van der Waals surface area (Å²) in [5.74, 6) is 1.15. The lowest BCUT2D eigenvalue weighted by molar-refractivity contribution is -0.384. The molecule has 4 aromatic rings. The summed E-state index contributed by atoms with van der Waals surface area (Å²) in [7, 11) is 0. The molecule has 1 aromatic heterocycles. The first-order valence-corrected chi connectivity index (χ1v) is 8.04. The Balaban J connectivity index is 1.59. The lowest BCUT2D eigenvalue weighted by Gasteiger charge is -2.02. The fourth-order valence-electron chi connectivity index (χ4n) is 2.70. The number of aromatic amines is 1. The molecule has 0 aliphatic rings. The van der Waals surface area contributed by atoms with E-state index in [4.69, 9.17) is 0 Å². The summed E-state index contributed by atoms with van der Waals surface area (Å²) >= 11 is 0. The molecule has 4 rings (SSSR count). The van der Waals surface area contributed by atoms with Crippen LogP contribution in [0.1, 0.15) is 0 Å². The lowest BCUT2D eigenvalue weighted by atomic mass is 10.0. The maximum atomic E-state index is 10.7. The van der Waals surface area contributed by atoms with E-state index in [1.54, 1.807) is 12.1 Å². The minimum Gasteiger partial charge on any atom is -0.259 e. The van der Waals surface area contributed by atoms with E-state index in [2.05, 4.69) is 27.3 Å². The maximum Gasteiger partial charge on any atom is 0.269 e. The molecule has 0 spiro atoms. The molecule has 26 heavy (non-hydrogen) atoms. The van der Waals surface area contributed by atoms with Crippen molar-refractivity contribution in [2.75, 3.05) is 0 Å². The van der Waals surface area contributed by atoms with E-state index in [1.807, 2.05) is 42.5 Å². The molecule has 0 saturated carbocycles. The van der Waals surface area contributed by atoms with Gasteiger partial charge in [0.15, 0.2) is 11.6 Å². The average molecular weight is 342 g/mol. The Hall–Kier alpha value is -3.80. The Bertz CT molecular complexity index is 1040. The standard InChI is InChI=1S/C20H14N4O2/c25-24(26)18-12-10-17(11-13-18)20-21-19(22-23-20)16-8-6-15(7-9-16)14-4-2-1-3-5-14/h1-13H,(H,21,22,23). The lowest BCUT2D eigenvalue weighted by Crippen LogP contribution is -1.87. The third-order valence-electron chi connectivity index (χ3n) is 4.09. The monoisotopic (exact) mass is 342 g/mol. The number of nitro groups is 1. The zero-order valence-corrected chi connectivity index (χ0v) is 13.7. The van der Waals surface area contributed by atoms with Gasteiger partial charge in [0.25, 0.3) is 5.69 Å². The van der Waals surface area contributed by atoms with Gasteiger partial charge in [-0.15, -0.1) is 0 Å². The number of H-pyrrole nitrogens is 1. The van der Waals surface area contributed by atoms with Crippen molar-refractivity contribution in [3.8, 4) is 33.9 Å². The number of hydrogen-bond acceptors (Lipinski definition) is 4. The third-order valence-corrected chi connectivity index (χ3v) is 4.09. The zero-order valence-electron chi connectivity index (χ0n) is 13.7. The Morgan fingerprint density at radius 2 is 1.31 bits per heavy atom. The maximum absolute atomic E-state index is 10.7. The predicted molar refractivity (Wildman–Crippen MR) is 99.3 cm³/mol. The second-order valence-corrected chi connectivity index (χ2v) is 5.75. The van der Waals surface area contributed by atoms with E-state index in [1.165, 1.54) is 12.1 Å². The molecule has 3 aromatic carbocycles. The highest BCUT2D eigenvalue weighted by atomic mass is 16.6. The van der Waals surface area contributed by atoms with Crippen molar-refractivity contribution in [1.29, 1.82) is 0 Å². The third kappa shape index (κ3) is 3.08. The van der Waals surface area contributed by atoms with Crippen LogP contribution in [0.4, 0.5) is 5.69 Å². The fraction of sp³-hybridized carbons (Fsp3) is 0. The molecule has 0 atom stereocenters. The second-order valence-electron chi connectivity index (χ2n) is 5.75. The molecule has 6 nitrogen and oxygen atoms in total. The summed E-state index contributed by atoms with van der Waals surface area (Å²) in [5.41, 5.74) is 3.97. The van der Waals surface area contributed by atoms with Crippen LogP contribution in [0.5, 0.6) is 0 Å². The van der Waals surface area contributed by atoms with Gasteiger partial charge in [0.1, 0.15) is 0 Å². The zero-order chi connectivity index (χ0) is 17.9. The normalized spacial score (nSPS) is 10.6. The van der Waals surface area contributed by atoms with E-state index in [-0.39, 0.29) is 5.69 Å². The topological polar surface area (TPSA) is 84.7 Å². The van der Waals surface area contributed by atoms with E-state index >= 15 is 0 Å². The molecule has 0 amide bonds. The molecule has 1 heterocycles. The largest absolute Gasteiger partial charge is 0.269 e. The van der Waals surface area contributed by atoms with Crippen LogP contribution in [0.25, 0.3) is 33.9 Å². The quantitative estimate of drug-likeness (QED) is 0.430. The van der Waals surface area contributed by atoms with Crippen LogP contribution in [0.2, 0.25) is 0 Å².